The maximum Gasteiger partial charge on any atom is 0.317 e. The van der Waals surface area contributed by atoms with Crippen molar-refractivity contribution in [2.24, 2.45) is 5.92 Å². The van der Waals surface area contributed by atoms with E-state index in [2.05, 4.69) is 5.32 Å². The Morgan fingerprint density at radius 2 is 2.12 bits per heavy atom. The van der Waals surface area contributed by atoms with Gasteiger partial charge in [0.05, 0.1) is 0 Å². The van der Waals surface area contributed by atoms with E-state index in [1.807, 2.05) is 0 Å². The van der Waals surface area contributed by atoms with Gasteiger partial charge in [0.15, 0.2) is 0 Å². The summed E-state index contributed by atoms with van der Waals surface area (Å²) in [6.45, 7) is 1.24. The molecule has 0 aromatic carbocycles. The SMILES string of the molecule is CN(CCCC(=O)O)C(=O)NCC1CCC1. The molecule has 0 unspecified atom stereocenters. The topological polar surface area (TPSA) is 69.6 Å². The van der Waals surface area contributed by atoms with E-state index < -0.39 is 5.97 Å². The third kappa shape index (κ3) is 4.51. The first-order valence-corrected chi connectivity index (χ1v) is 5.80. The predicted molar refractivity (Wildman–Crippen MR) is 60.2 cm³/mol. The van der Waals surface area contributed by atoms with Gasteiger partial charge in [-0.1, -0.05) is 6.42 Å². The minimum Gasteiger partial charge on any atom is -0.481 e. The largest absolute Gasteiger partial charge is 0.481 e. The van der Waals surface area contributed by atoms with E-state index in [1.54, 1.807) is 11.9 Å². The number of carboxylic acid groups (broad SMARTS) is 1. The zero-order valence-electron chi connectivity index (χ0n) is 9.74. The molecule has 0 bridgehead atoms. The number of rotatable bonds is 6. The molecule has 0 aliphatic heterocycles. The summed E-state index contributed by atoms with van der Waals surface area (Å²) in [5, 5.41) is 11.3. The Morgan fingerprint density at radius 1 is 1.44 bits per heavy atom. The first kappa shape index (κ1) is 12.8. The molecule has 0 saturated heterocycles. The van der Waals surface area contributed by atoms with Crippen LogP contribution in [0.25, 0.3) is 0 Å². The van der Waals surface area contributed by atoms with Gasteiger partial charge in [0.2, 0.25) is 0 Å². The fourth-order valence-corrected chi connectivity index (χ4v) is 1.63. The van der Waals surface area contributed by atoms with Crippen LogP contribution in [0, 0.1) is 5.92 Å². The van der Waals surface area contributed by atoms with E-state index in [1.165, 1.54) is 19.3 Å². The van der Waals surface area contributed by atoms with Crippen molar-refractivity contribution in [1.82, 2.24) is 10.2 Å². The van der Waals surface area contributed by atoms with Crippen LogP contribution >= 0.6 is 0 Å². The molecule has 1 aliphatic rings. The van der Waals surface area contributed by atoms with Crippen LogP contribution in [0.3, 0.4) is 0 Å². The van der Waals surface area contributed by atoms with E-state index in [0.717, 1.165) is 6.54 Å². The Hall–Kier alpha value is -1.26. The number of carboxylic acids is 1. The van der Waals surface area contributed by atoms with Gasteiger partial charge in [-0.05, 0) is 25.2 Å². The quantitative estimate of drug-likeness (QED) is 0.719. The lowest BCUT2D eigenvalue weighted by Gasteiger charge is -2.26. The lowest BCUT2D eigenvalue weighted by molar-refractivity contribution is -0.137. The summed E-state index contributed by atoms with van der Waals surface area (Å²) in [4.78, 5) is 23.4. The molecule has 5 nitrogen and oxygen atoms in total. The number of carbonyl (C=O) groups is 2. The fraction of sp³-hybridized carbons (Fsp3) is 0.818. The third-order valence-corrected chi connectivity index (χ3v) is 3.00. The molecule has 1 rings (SSSR count). The van der Waals surface area contributed by atoms with Crippen LogP contribution in [0.2, 0.25) is 0 Å². The van der Waals surface area contributed by atoms with Gasteiger partial charge < -0.3 is 15.3 Å². The summed E-state index contributed by atoms with van der Waals surface area (Å²) < 4.78 is 0. The van der Waals surface area contributed by atoms with E-state index in [0.29, 0.717) is 18.9 Å². The first-order valence-electron chi connectivity index (χ1n) is 5.80. The van der Waals surface area contributed by atoms with Crippen molar-refractivity contribution in [2.75, 3.05) is 20.1 Å². The lowest BCUT2D eigenvalue weighted by Crippen LogP contribution is -2.41. The Bertz CT molecular complexity index is 252. The number of urea groups is 1. The van der Waals surface area contributed by atoms with Crippen molar-refractivity contribution in [3.63, 3.8) is 0 Å². The van der Waals surface area contributed by atoms with E-state index in [9.17, 15) is 9.59 Å². The number of hydrogen-bond donors (Lipinski definition) is 2. The number of amides is 2. The minimum atomic E-state index is -0.816. The highest BCUT2D eigenvalue weighted by Gasteiger charge is 2.18. The highest BCUT2D eigenvalue weighted by Crippen LogP contribution is 2.25. The number of carbonyl (C=O) groups excluding carboxylic acids is 1. The Labute approximate surface area is 95.8 Å². The zero-order chi connectivity index (χ0) is 12.0. The third-order valence-electron chi connectivity index (χ3n) is 3.00. The van der Waals surface area contributed by atoms with Crippen LogP contribution in [-0.4, -0.2) is 42.1 Å². The molecule has 16 heavy (non-hydrogen) atoms. The monoisotopic (exact) mass is 228 g/mol. The second-order valence-electron chi connectivity index (χ2n) is 4.40. The van der Waals surface area contributed by atoms with Crippen LogP contribution in [0.15, 0.2) is 0 Å². The van der Waals surface area contributed by atoms with Gasteiger partial charge in [0.1, 0.15) is 0 Å². The zero-order valence-corrected chi connectivity index (χ0v) is 9.74. The summed E-state index contributed by atoms with van der Waals surface area (Å²) in [6.07, 6.45) is 4.31. The van der Waals surface area contributed by atoms with Gasteiger partial charge in [-0.15, -0.1) is 0 Å². The van der Waals surface area contributed by atoms with Crippen molar-refractivity contribution in [1.29, 1.82) is 0 Å². The number of hydrogen-bond acceptors (Lipinski definition) is 2. The van der Waals surface area contributed by atoms with Crippen LogP contribution in [0.1, 0.15) is 32.1 Å². The van der Waals surface area contributed by atoms with Gasteiger partial charge in [0.25, 0.3) is 0 Å². The molecule has 0 spiro atoms. The molecule has 2 amide bonds. The van der Waals surface area contributed by atoms with Gasteiger partial charge in [-0.25, -0.2) is 4.79 Å². The smallest absolute Gasteiger partial charge is 0.317 e. The normalized spacial score (nSPS) is 15.3. The molecule has 0 heterocycles. The van der Waals surface area contributed by atoms with Crippen LogP contribution in [-0.2, 0) is 4.79 Å². The molecule has 1 saturated carbocycles. The van der Waals surface area contributed by atoms with Crippen molar-refractivity contribution in [3.8, 4) is 0 Å². The minimum absolute atomic E-state index is 0.0997. The average Bonchev–Trinajstić information content (AvgIpc) is 2.14. The van der Waals surface area contributed by atoms with Crippen molar-refractivity contribution >= 4 is 12.0 Å². The second-order valence-corrected chi connectivity index (χ2v) is 4.40. The number of nitrogens with one attached hydrogen (secondary N) is 1. The Morgan fingerprint density at radius 3 is 2.62 bits per heavy atom. The summed E-state index contributed by atoms with van der Waals surface area (Å²) in [7, 11) is 1.69. The van der Waals surface area contributed by atoms with Crippen molar-refractivity contribution in [3.05, 3.63) is 0 Å². The average molecular weight is 228 g/mol. The molecule has 0 aromatic rings. The maximum atomic E-state index is 11.5. The number of aliphatic carboxylic acids is 1. The first-order chi connectivity index (χ1) is 7.59. The summed E-state index contributed by atoms with van der Waals surface area (Å²) >= 11 is 0. The van der Waals surface area contributed by atoms with Gasteiger partial charge in [-0.2, -0.15) is 0 Å². The number of nitrogens with zero attached hydrogens (tertiary/aromatic N) is 1. The maximum absolute atomic E-state index is 11.5. The molecule has 0 aromatic heterocycles. The Kier molecular flexibility index (Phi) is 5.08. The van der Waals surface area contributed by atoms with E-state index in [4.69, 9.17) is 5.11 Å². The molecule has 1 fully saturated rings. The van der Waals surface area contributed by atoms with Gasteiger partial charge in [-0.3, -0.25) is 4.79 Å². The molecule has 5 heteroatoms. The van der Waals surface area contributed by atoms with Crippen molar-refractivity contribution in [2.45, 2.75) is 32.1 Å². The molecule has 0 atom stereocenters. The molecule has 1 aliphatic carbocycles. The highest BCUT2D eigenvalue weighted by atomic mass is 16.4. The van der Waals surface area contributed by atoms with Crippen molar-refractivity contribution < 1.29 is 14.7 Å². The standard InChI is InChI=1S/C11H20N2O3/c1-13(7-3-6-10(14)15)11(16)12-8-9-4-2-5-9/h9H,2-8H2,1H3,(H,12,16)(H,14,15). The molecular weight excluding hydrogens is 208 g/mol. The second kappa shape index (κ2) is 6.35. The van der Waals surface area contributed by atoms with E-state index >= 15 is 0 Å². The predicted octanol–water partition coefficient (Wildman–Crippen LogP) is 1.29. The van der Waals surface area contributed by atoms with Gasteiger partial charge >= 0.3 is 12.0 Å². The fourth-order valence-electron chi connectivity index (χ4n) is 1.63. The van der Waals surface area contributed by atoms with Crippen LogP contribution in [0.4, 0.5) is 4.79 Å². The summed E-state index contributed by atoms with van der Waals surface area (Å²) in [6, 6.07) is -0.0997. The van der Waals surface area contributed by atoms with E-state index in [-0.39, 0.29) is 12.5 Å². The summed E-state index contributed by atoms with van der Waals surface area (Å²) in [5.74, 6) is -0.167. The van der Waals surface area contributed by atoms with Gasteiger partial charge in [0, 0.05) is 26.6 Å². The molecule has 92 valence electrons. The van der Waals surface area contributed by atoms with Crippen LogP contribution < -0.4 is 5.32 Å². The lowest BCUT2D eigenvalue weighted by atomic mass is 9.85. The Balaban J connectivity index is 2.06. The molecule has 0 radical (unpaired) electrons. The van der Waals surface area contributed by atoms with Crippen LogP contribution in [0.5, 0.6) is 0 Å². The summed E-state index contributed by atoms with van der Waals surface area (Å²) in [5.41, 5.74) is 0. The molecule has 2 N–H and O–H groups in total. The molecular formula is C11H20N2O3. The highest BCUT2D eigenvalue weighted by molar-refractivity contribution is 5.73.